The summed E-state index contributed by atoms with van der Waals surface area (Å²) in [6.07, 6.45) is 6.08. The molecule has 2 aliphatic carbocycles. The minimum Gasteiger partial charge on any atom is -0.496 e. The van der Waals surface area contributed by atoms with Gasteiger partial charge in [-0.3, -0.25) is 14.4 Å². The van der Waals surface area contributed by atoms with Crippen molar-refractivity contribution in [2.45, 2.75) is 63.5 Å². The van der Waals surface area contributed by atoms with Gasteiger partial charge < -0.3 is 19.9 Å². The van der Waals surface area contributed by atoms with Gasteiger partial charge in [0.1, 0.15) is 29.3 Å². The number of methoxy groups -OCH3 is 1. The topological polar surface area (TPSA) is 115 Å². The average molecular weight is 497 g/mol. The number of benzene rings is 1. The predicted octanol–water partition coefficient (Wildman–Crippen LogP) is 3.98. The van der Waals surface area contributed by atoms with Gasteiger partial charge in [0, 0.05) is 24.3 Å². The number of ether oxygens (including phenoxy) is 1. The standard InChI is InChI=1S/C26H29ClN4O4/c1-35-22-7-6-18(27)23-17(22)11-19(30-23)25(34)31-14-26(8-3-9-26)12-20(31)24(33)29-16(13-28)10-15-4-2-5-21(15)32/h6-7,11,15-16,20,30H,2-5,8-10,12,14H2,1H3,(H,29,33). The van der Waals surface area contributed by atoms with Crippen LogP contribution in [0.1, 0.15) is 61.9 Å². The minimum absolute atomic E-state index is 0.0530. The Morgan fingerprint density at radius 1 is 1.37 bits per heavy atom. The number of H-pyrrole nitrogens is 1. The number of Topliss-reactive ketones (excluding diaryl/α,β-unsaturated/α-hetero) is 1. The summed E-state index contributed by atoms with van der Waals surface area (Å²) < 4.78 is 5.42. The summed E-state index contributed by atoms with van der Waals surface area (Å²) in [6.45, 7) is 0.502. The van der Waals surface area contributed by atoms with Crippen molar-refractivity contribution in [3.63, 3.8) is 0 Å². The number of rotatable bonds is 6. The van der Waals surface area contributed by atoms with Crippen LogP contribution in [0.15, 0.2) is 18.2 Å². The number of halogens is 1. The largest absolute Gasteiger partial charge is 0.496 e. The summed E-state index contributed by atoms with van der Waals surface area (Å²) in [5.74, 6) is -0.0124. The normalized spacial score (nSPS) is 23.8. The Morgan fingerprint density at radius 3 is 2.80 bits per heavy atom. The van der Waals surface area contributed by atoms with Gasteiger partial charge in [0.2, 0.25) is 5.91 Å². The first-order valence-electron chi connectivity index (χ1n) is 12.2. The average Bonchev–Trinajstić information content (AvgIpc) is 3.55. The van der Waals surface area contributed by atoms with Crippen LogP contribution in [0.3, 0.4) is 0 Å². The van der Waals surface area contributed by atoms with E-state index in [1.165, 1.54) is 0 Å². The van der Waals surface area contributed by atoms with Crippen LogP contribution in [0.5, 0.6) is 5.75 Å². The smallest absolute Gasteiger partial charge is 0.271 e. The number of hydrogen-bond acceptors (Lipinski definition) is 5. The maximum Gasteiger partial charge on any atom is 0.271 e. The van der Waals surface area contributed by atoms with Crippen molar-refractivity contribution in [2.75, 3.05) is 13.7 Å². The van der Waals surface area contributed by atoms with E-state index in [2.05, 4.69) is 16.4 Å². The molecule has 3 aliphatic rings. The van der Waals surface area contributed by atoms with Gasteiger partial charge in [-0.25, -0.2) is 0 Å². The number of fused-ring (bicyclic) bond motifs is 1. The van der Waals surface area contributed by atoms with Gasteiger partial charge in [-0.2, -0.15) is 5.26 Å². The quantitative estimate of drug-likeness (QED) is 0.627. The number of nitrogens with one attached hydrogen (secondary N) is 2. The lowest BCUT2D eigenvalue weighted by Gasteiger charge is -2.37. The fraction of sp³-hybridized carbons (Fsp3) is 0.538. The summed E-state index contributed by atoms with van der Waals surface area (Å²) in [4.78, 5) is 43.8. The highest BCUT2D eigenvalue weighted by molar-refractivity contribution is 6.35. The molecule has 9 heteroatoms. The lowest BCUT2D eigenvalue weighted by atomic mass is 9.67. The molecule has 5 rings (SSSR count). The first-order valence-corrected chi connectivity index (χ1v) is 12.6. The number of amides is 2. The second-order valence-electron chi connectivity index (χ2n) is 10.2. The molecule has 8 nitrogen and oxygen atoms in total. The van der Waals surface area contributed by atoms with Crippen LogP contribution < -0.4 is 10.1 Å². The third-order valence-corrected chi connectivity index (χ3v) is 8.38. The molecule has 0 radical (unpaired) electrons. The summed E-state index contributed by atoms with van der Waals surface area (Å²) in [5, 5.41) is 13.7. The number of ketones is 1. The molecular weight excluding hydrogens is 468 g/mol. The Balaban J connectivity index is 1.38. The molecular formula is C26H29ClN4O4. The molecule has 1 saturated heterocycles. The van der Waals surface area contributed by atoms with Crippen LogP contribution in [0.2, 0.25) is 5.02 Å². The van der Waals surface area contributed by atoms with E-state index < -0.39 is 12.1 Å². The summed E-state index contributed by atoms with van der Waals surface area (Å²) >= 11 is 6.34. The number of aromatic nitrogens is 1. The molecule has 2 amide bonds. The maximum atomic E-state index is 13.7. The van der Waals surface area contributed by atoms with Gasteiger partial charge in [0.15, 0.2) is 0 Å². The molecule has 35 heavy (non-hydrogen) atoms. The van der Waals surface area contributed by atoms with Crippen molar-refractivity contribution in [1.29, 1.82) is 5.26 Å². The third kappa shape index (κ3) is 4.27. The van der Waals surface area contributed by atoms with E-state index in [1.54, 1.807) is 30.2 Å². The Bertz CT molecular complexity index is 1230. The maximum absolute atomic E-state index is 13.7. The molecule has 1 aliphatic heterocycles. The highest BCUT2D eigenvalue weighted by Crippen LogP contribution is 2.50. The van der Waals surface area contributed by atoms with Gasteiger partial charge in [0.05, 0.1) is 23.7 Å². The highest BCUT2D eigenvalue weighted by Gasteiger charge is 2.52. The van der Waals surface area contributed by atoms with Gasteiger partial charge in [-0.1, -0.05) is 18.0 Å². The number of carbonyl (C=O) groups excluding carboxylic acids is 3. The van der Waals surface area contributed by atoms with Crippen molar-refractivity contribution < 1.29 is 19.1 Å². The Hall–Kier alpha value is -3.05. The van der Waals surface area contributed by atoms with Gasteiger partial charge in [-0.15, -0.1) is 0 Å². The molecule has 0 bridgehead atoms. The van der Waals surface area contributed by atoms with E-state index in [9.17, 15) is 19.6 Å². The van der Waals surface area contributed by atoms with Crippen molar-refractivity contribution >= 4 is 40.1 Å². The van der Waals surface area contributed by atoms with Crippen LogP contribution in [-0.2, 0) is 9.59 Å². The number of hydrogen-bond donors (Lipinski definition) is 2. The zero-order valence-corrected chi connectivity index (χ0v) is 20.5. The predicted molar refractivity (Wildman–Crippen MR) is 130 cm³/mol. The van der Waals surface area contributed by atoms with Crippen molar-refractivity contribution in [1.82, 2.24) is 15.2 Å². The van der Waals surface area contributed by atoms with E-state index in [-0.39, 0.29) is 28.9 Å². The second kappa shape index (κ2) is 9.19. The van der Waals surface area contributed by atoms with Gasteiger partial charge in [-0.05, 0) is 62.1 Å². The molecule has 1 aromatic heterocycles. The number of aromatic amines is 1. The Labute approximate surface area is 208 Å². The Morgan fingerprint density at radius 2 is 2.17 bits per heavy atom. The van der Waals surface area contributed by atoms with Crippen LogP contribution in [-0.4, -0.2) is 53.2 Å². The van der Waals surface area contributed by atoms with Crippen LogP contribution in [0.25, 0.3) is 10.9 Å². The van der Waals surface area contributed by atoms with Crippen LogP contribution >= 0.6 is 11.6 Å². The van der Waals surface area contributed by atoms with Gasteiger partial charge >= 0.3 is 0 Å². The number of nitriles is 1. The zero-order valence-electron chi connectivity index (χ0n) is 19.7. The second-order valence-corrected chi connectivity index (χ2v) is 10.6. The molecule has 3 atom stereocenters. The van der Waals surface area contributed by atoms with E-state index >= 15 is 0 Å². The lowest BCUT2D eigenvalue weighted by molar-refractivity contribution is -0.126. The molecule has 1 aromatic carbocycles. The van der Waals surface area contributed by atoms with E-state index in [1.807, 2.05) is 0 Å². The summed E-state index contributed by atoms with van der Waals surface area (Å²) in [6, 6.07) is 5.90. The molecule has 3 fully saturated rings. The fourth-order valence-corrected chi connectivity index (χ4v) is 6.20. The van der Waals surface area contributed by atoms with Gasteiger partial charge in [0.25, 0.3) is 5.91 Å². The molecule has 184 valence electrons. The number of likely N-dealkylation sites (tertiary alicyclic amines) is 1. The van der Waals surface area contributed by atoms with Crippen molar-refractivity contribution in [2.24, 2.45) is 11.3 Å². The minimum atomic E-state index is -0.749. The molecule has 3 unspecified atom stereocenters. The summed E-state index contributed by atoms with van der Waals surface area (Å²) in [5.41, 5.74) is 0.899. The third-order valence-electron chi connectivity index (χ3n) is 8.06. The van der Waals surface area contributed by atoms with Crippen molar-refractivity contribution in [3.8, 4) is 11.8 Å². The summed E-state index contributed by atoms with van der Waals surface area (Å²) in [7, 11) is 1.56. The fourth-order valence-electron chi connectivity index (χ4n) is 5.98. The molecule has 2 heterocycles. The van der Waals surface area contributed by atoms with E-state index in [4.69, 9.17) is 16.3 Å². The first kappa shape index (κ1) is 23.7. The monoisotopic (exact) mass is 496 g/mol. The van der Waals surface area contributed by atoms with Crippen LogP contribution in [0, 0.1) is 22.7 Å². The molecule has 2 saturated carbocycles. The van der Waals surface area contributed by atoms with E-state index in [0.29, 0.717) is 53.2 Å². The molecule has 2 aromatic rings. The Kier molecular flexibility index (Phi) is 6.22. The highest BCUT2D eigenvalue weighted by atomic mass is 35.5. The lowest BCUT2D eigenvalue weighted by Crippen LogP contribution is -2.49. The van der Waals surface area contributed by atoms with Crippen LogP contribution in [0.4, 0.5) is 0 Å². The zero-order chi connectivity index (χ0) is 24.7. The number of carbonyl (C=O) groups is 3. The van der Waals surface area contributed by atoms with E-state index in [0.717, 1.165) is 32.1 Å². The molecule has 2 N–H and O–H groups in total. The SMILES string of the molecule is COc1ccc(Cl)c2[nH]c(C(=O)N3CC4(CCC4)CC3C(=O)NC(C#N)CC3CCCC3=O)cc12. The number of nitrogens with zero attached hydrogens (tertiary/aromatic N) is 2. The first-order chi connectivity index (χ1) is 16.8. The molecule has 1 spiro atoms. The van der Waals surface area contributed by atoms with Crippen molar-refractivity contribution in [3.05, 3.63) is 28.9 Å².